The molecule has 2 saturated heterocycles. The number of thioether (sulfide) groups is 1. The average molecular weight is 401 g/mol. The SMILES string of the molecule is CC1(C)S[C@@H]2/C(=C\CC(=O)OC3C=Cc4ccccc4O3)C(=O)N2[C@H]1C(=O)O. The fourth-order valence-corrected chi connectivity index (χ4v) is 5.19. The number of fused-ring (bicyclic) bond motifs is 2. The third-order valence-corrected chi connectivity index (χ3v) is 6.45. The van der Waals surface area contributed by atoms with E-state index in [0.29, 0.717) is 11.3 Å². The quantitative estimate of drug-likeness (QED) is 0.470. The number of nitrogens with zero attached hydrogens (tertiary/aromatic N) is 1. The van der Waals surface area contributed by atoms with Crippen LogP contribution >= 0.6 is 11.8 Å². The van der Waals surface area contributed by atoms with Crippen molar-refractivity contribution in [3.8, 4) is 5.75 Å². The number of amides is 1. The van der Waals surface area contributed by atoms with E-state index in [1.54, 1.807) is 26.0 Å². The van der Waals surface area contributed by atoms with Crippen molar-refractivity contribution in [1.82, 2.24) is 4.90 Å². The van der Waals surface area contributed by atoms with Crippen molar-refractivity contribution < 1.29 is 29.0 Å². The standard InChI is InChI=1S/C20H19NO6S/c1-20(2)16(19(24)25)21-17(23)12(18(21)28-20)8-9-14(22)27-15-10-7-11-5-3-4-6-13(11)26-15/h3-8,10,15-16,18H,9H2,1-2H3,(H,24,25)/b12-8-/t15?,16-,18+/m0/s1. The summed E-state index contributed by atoms with van der Waals surface area (Å²) in [6.45, 7) is 3.61. The molecule has 1 amide bonds. The number of carbonyl (C=O) groups is 3. The summed E-state index contributed by atoms with van der Waals surface area (Å²) in [7, 11) is 0. The van der Waals surface area contributed by atoms with Gasteiger partial charge in [0.15, 0.2) is 0 Å². The molecule has 28 heavy (non-hydrogen) atoms. The van der Waals surface area contributed by atoms with Gasteiger partial charge in [-0.1, -0.05) is 24.3 Å². The van der Waals surface area contributed by atoms with Crippen LogP contribution in [0.15, 0.2) is 42.0 Å². The fourth-order valence-electron chi connectivity index (χ4n) is 3.62. The molecule has 1 aromatic carbocycles. The van der Waals surface area contributed by atoms with E-state index >= 15 is 0 Å². The summed E-state index contributed by atoms with van der Waals surface area (Å²) in [5, 5.41) is 9.09. The van der Waals surface area contributed by atoms with Gasteiger partial charge in [0.05, 0.1) is 6.42 Å². The summed E-state index contributed by atoms with van der Waals surface area (Å²) in [5.74, 6) is -1.25. The van der Waals surface area contributed by atoms with E-state index in [1.807, 2.05) is 24.3 Å². The van der Waals surface area contributed by atoms with Gasteiger partial charge < -0.3 is 19.5 Å². The van der Waals surface area contributed by atoms with E-state index in [4.69, 9.17) is 9.47 Å². The summed E-state index contributed by atoms with van der Waals surface area (Å²) in [5.41, 5.74) is 1.36. The van der Waals surface area contributed by atoms with Gasteiger partial charge in [-0.2, -0.15) is 0 Å². The molecule has 0 radical (unpaired) electrons. The molecule has 3 heterocycles. The Labute approximate surface area is 166 Å². The lowest BCUT2D eigenvalue weighted by molar-refractivity contribution is -0.157. The lowest BCUT2D eigenvalue weighted by atomic mass is 9.95. The van der Waals surface area contributed by atoms with E-state index in [0.717, 1.165) is 5.56 Å². The summed E-state index contributed by atoms with van der Waals surface area (Å²) < 4.78 is 10.3. The zero-order valence-corrected chi connectivity index (χ0v) is 16.1. The summed E-state index contributed by atoms with van der Waals surface area (Å²) in [4.78, 5) is 37.4. The number of rotatable bonds is 4. The van der Waals surface area contributed by atoms with Crippen LogP contribution in [0, 0.1) is 0 Å². The molecule has 8 heteroatoms. The predicted molar refractivity (Wildman–Crippen MR) is 102 cm³/mol. The number of aliphatic carboxylic acids is 1. The van der Waals surface area contributed by atoms with Gasteiger partial charge in [-0.05, 0) is 32.1 Å². The molecule has 0 spiro atoms. The zero-order chi connectivity index (χ0) is 20.1. The number of β-lactam (4-membered cyclic amide) rings is 1. The lowest BCUT2D eigenvalue weighted by Gasteiger charge is -2.39. The molecule has 1 aromatic rings. The van der Waals surface area contributed by atoms with Crippen LogP contribution in [0.25, 0.3) is 6.08 Å². The highest BCUT2D eigenvalue weighted by Gasteiger charge is 2.61. The molecule has 0 saturated carbocycles. The van der Waals surface area contributed by atoms with Crippen molar-refractivity contribution >= 4 is 35.7 Å². The van der Waals surface area contributed by atoms with E-state index in [2.05, 4.69) is 0 Å². The number of benzene rings is 1. The third-order valence-electron chi connectivity index (χ3n) is 4.92. The van der Waals surface area contributed by atoms with E-state index in [-0.39, 0.29) is 17.7 Å². The number of carbonyl (C=O) groups excluding carboxylic acids is 2. The smallest absolute Gasteiger partial charge is 0.327 e. The second-order valence-electron chi connectivity index (χ2n) is 7.26. The Hall–Kier alpha value is -2.74. The van der Waals surface area contributed by atoms with Gasteiger partial charge >= 0.3 is 11.9 Å². The number of esters is 1. The highest BCUT2D eigenvalue weighted by Crippen LogP contribution is 2.53. The monoisotopic (exact) mass is 401 g/mol. The van der Waals surface area contributed by atoms with Crippen molar-refractivity contribution in [3.63, 3.8) is 0 Å². The Morgan fingerprint density at radius 1 is 1.36 bits per heavy atom. The molecular weight excluding hydrogens is 382 g/mol. The van der Waals surface area contributed by atoms with Crippen molar-refractivity contribution in [2.45, 2.75) is 42.7 Å². The molecule has 0 aliphatic carbocycles. The largest absolute Gasteiger partial charge is 0.480 e. The minimum atomic E-state index is -1.02. The predicted octanol–water partition coefficient (Wildman–Crippen LogP) is 2.42. The molecule has 3 aliphatic heterocycles. The van der Waals surface area contributed by atoms with Crippen LogP contribution in [-0.2, 0) is 19.1 Å². The Balaban J connectivity index is 1.38. The van der Waals surface area contributed by atoms with Crippen LogP contribution < -0.4 is 4.74 Å². The Morgan fingerprint density at radius 3 is 2.86 bits per heavy atom. The summed E-state index contributed by atoms with van der Waals surface area (Å²) in [6.07, 6.45) is 4.10. The second kappa shape index (κ2) is 6.70. The van der Waals surface area contributed by atoms with Crippen LogP contribution in [0.1, 0.15) is 25.8 Å². The van der Waals surface area contributed by atoms with Crippen molar-refractivity contribution in [2.75, 3.05) is 0 Å². The first-order valence-corrected chi connectivity index (χ1v) is 9.72. The number of ether oxygens (including phenoxy) is 2. The number of carboxylic acid groups (broad SMARTS) is 1. The molecule has 1 N–H and O–H groups in total. The highest BCUT2D eigenvalue weighted by atomic mass is 32.2. The maximum absolute atomic E-state index is 12.4. The van der Waals surface area contributed by atoms with Crippen LogP contribution in [-0.4, -0.2) is 50.3 Å². The highest BCUT2D eigenvalue weighted by molar-refractivity contribution is 8.01. The molecule has 0 aromatic heterocycles. The van der Waals surface area contributed by atoms with Gasteiger partial charge in [0.1, 0.15) is 17.2 Å². The Morgan fingerprint density at radius 2 is 2.11 bits per heavy atom. The molecule has 146 valence electrons. The van der Waals surface area contributed by atoms with Gasteiger partial charge in [-0.3, -0.25) is 9.59 Å². The molecule has 7 nitrogen and oxygen atoms in total. The van der Waals surface area contributed by atoms with Gasteiger partial charge in [-0.25, -0.2) is 4.79 Å². The van der Waals surface area contributed by atoms with E-state index in [9.17, 15) is 19.5 Å². The van der Waals surface area contributed by atoms with Crippen LogP contribution in [0.2, 0.25) is 0 Å². The van der Waals surface area contributed by atoms with Crippen molar-refractivity contribution in [3.05, 3.63) is 47.6 Å². The molecule has 3 atom stereocenters. The first kappa shape index (κ1) is 18.6. The first-order valence-electron chi connectivity index (χ1n) is 8.84. The molecular formula is C20H19NO6S. The number of hydrogen-bond acceptors (Lipinski definition) is 6. The molecule has 0 bridgehead atoms. The number of hydrogen-bond donors (Lipinski definition) is 1. The van der Waals surface area contributed by atoms with E-state index < -0.39 is 29.0 Å². The summed E-state index contributed by atoms with van der Waals surface area (Å²) >= 11 is 1.41. The molecule has 2 fully saturated rings. The normalized spacial score (nSPS) is 28.2. The van der Waals surface area contributed by atoms with Gasteiger partial charge in [-0.15, -0.1) is 11.8 Å². The van der Waals surface area contributed by atoms with Crippen molar-refractivity contribution in [1.29, 1.82) is 0 Å². The zero-order valence-electron chi connectivity index (χ0n) is 15.3. The first-order chi connectivity index (χ1) is 13.3. The fraction of sp³-hybridized carbons (Fsp3) is 0.350. The molecule has 3 aliphatic rings. The molecule has 4 rings (SSSR count). The van der Waals surface area contributed by atoms with Gasteiger partial charge in [0.2, 0.25) is 0 Å². The van der Waals surface area contributed by atoms with E-state index in [1.165, 1.54) is 22.7 Å². The van der Waals surface area contributed by atoms with Crippen molar-refractivity contribution in [2.24, 2.45) is 0 Å². The van der Waals surface area contributed by atoms with Crippen LogP contribution in [0.5, 0.6) is 5.75 Å². The topological polar surface area (TPSA) is 93.1 Å². The Kier molecular flexibility index (Phi) is 4.45. The number of para-hydroxylation sites is 1. The summed E-state index contributed by atoms with van der Waals surface area (Å²) in [6, 6.07) is 6.54. The Bertz CT molecular complexity index is 921. The second-order valence-corrected chi connectivity index (χ2v) is 9.00. The van der Waals surface area contributed by atoms with Gasteiger partial charge in [0.25, 0.3) is 12.2 Å². The molecule has 1 unspecified atom stereocenters. The third kappa shape index (κ3) is 3.07. The minimum Gasteiger partial charge on any atom is -0.480 e. The maximum atomic E-state index is 12.4. The maximum Gasteiger partial charge on any atom is 0.327 e. The minimum absolute atomic E-state index is 0.0838. The van der Waals surface area contributed by atoms with Gasteiger partial charge in [0, 0.05) is 15.9 Å². The lowest BCUT2D eigenvalue weighted by Crippen LogP contribution is -2.58. The van der Waals surface area contributed by atoms with Crippen LogP contribution in [0.4, 0.5) is 0 Å². The van der Waals surface area contributed by atoms with Crippen LogP contribution in [0.3, 0.4) is 0 Å². The average Bonchev–Trinajstić information content (AvgIpc) is 2.89. The number of carboxylic acids is 1.